The van der Waals surface area contributed by atoms with Gasteiger partial charge in [0.15, 0.2) is 0 Å². The second-order valence-corrected chi connectivity index (χ2v) is 4.02. The van der Waals surface area contributed by atoms with E-state index in [1.807, 2.05) is 19.2 Å². The topological polar surface area (TPSA) is 22.0 Å². The van der Waals surface area contributed by atoms with Gasteiger partial charge in [-0.25, -0.2) is 0 Å². The molecule has 1 heterocycles. The lowest BCUT2D eigenvalue weighted by molar-refractivity contribution is -0.108. The van der Waals surface area contributed by atoms with Crippen molar-refractivity contribution in [1.82, 2.24) is 4.57 Å². The second kappa shape index (κ2) is 3.89. The van der Waals surface area contributed by atoms with Crippen molar-refractivity contribution in [3.63, 3.8) is 0 Å². The van der Waals surface area contributed by atoms with Crippen molar-refractivity contribution >= 4 is 17.2 Å². The Morgan fingerprint density at radius 3 is 2.87 bits per heavy atom. The number of fused-ring (bicyclic) bond motifs is 1. The van der Waals surface area contributed by atoms with E-state index in [-0.39, 0.29) is 0 Å². The Morgan fingerprint density at radius 2 is 2.13 bits per heavy atom. The molecule has 1 atom stereocenters. The average Bonchev–Trinajstić information content (AvgIpc) is 2.58. The molecule has 0 aliphatic carbocycles. The molecule has 0 saturated carbocycles. The van der Waals surface area contributed by atoms with Crippen LogP contribution in [-0.4, -0.2) is 10.9 Å². The quantitative estimate of drug-likeness (QED) is 0.700. The molecule has 0 aliphatic rings. The molecule has 1 aromatic carbocycles. The molecule has 0 N–H and O–H groups in total. The lowest BCUT2D eigenvalue weighted by atomic mass is 9.98. The number of aryl methyl sites for hydroxylation is 1. The SMILES string of the molecule is C[C@H](CC=O)c1cn(C)c2ccccc12. The molecule has 2 nitrogen and oxygen atoms in total. The molecule has 0 fully saturated rings. The van der Waals surface area contributed by atoms with Crippen molar-refractivity contribution in [2.45, 2.75) is 19.3 Å². The van der Waals surface area contributed by atoms with Crippen molar-refractivity contribution in [1.29, 1.82) is 0 Å². The molecule has 0 amide bonds. The lowest BCUT2D eigenvalue weighted by Crippen LogP contribution is -1.92. The largest absolute Gasteiger partial charge is 0.350 e. The summed E-state index contributed by atoms with van der Waals surface area (Å²) in [6.45, 7) is 2.09. The molecule has 0 bridgehead atoms. The van der Waals surface area contributed by atoms with E-state index in [9.17, 15) is 4.79 Å². The van der Waals surface area contributed by atoms with Crippen LogP contribution in [-0.2, 0) is 11.8 Å². The van der Waals surface area contributed by atoms with Crippen molar-refractivity contribution in [2.24, 2.45) is 7.05 Å². The molecule has 0 aliphatic heterocycles. The van der Waals surface area contributed by atoms with Crippen LogP contribution in [0.5, 0.6) is 0 Å². The molecule has 2 rings (SSSR count). The van der Waals surface area contributed by atoms with Crippen LogP contribution in [0.25, 0.3) is 10.9 Å². The number of carbonyl (C=O) groups is 1. The summed E-state index contributed by atoms with van der Waals surface area (Å²) in [5, 5.41) is 1.26. The molecular formula is C13H15NO. The van der Waals surface area contributed by atoms with Crippen molar-refractivity contribution in [3.05, 3.63) is 36.0 Å². The van der Waals surface area contributed by atoms with Crippen LogP contribution in [0.4, 0.5) is 0 Å². The van der Waals surface area contributed by atoms with Gasteiger partial charge >= 0.3 is 0 Å². The summed E-state index contributed by atoms with van der Waals surface area (Å²) >= 11 is 0. The fourth-order valence-corrected chi connectivity index (χ4v) is 2.04. The molecular weight excluding hydrogens is 186 g/mol. The van der Waals surface area contributed by atoms with E-state index in [4.69, 9.17) is 0 Å². The number of nitrogens with zero attached hydrogens (tertiary/aromatic N) is 1. The van der Waals surface area contributed by atoms with Crippen LogP contribution in [0, 0.1) is 0 Å². The third-order valence-electron chi connectivity index (χ3n) is 2.91. The van der Waals surface area contributed by atoms with Gasteiger partial charge in [-0.15, -0.1) is 0 Å². The fraction of sp³-hybridized carbons (Fsp3) is 0.308. The highest BCUT2D eigenvalue weighted by Crippen LogP contribution is 2.28. The minimum Gasteiger partial charge on any atom is -0.350 e. The third kappa shape index (κ3) is 1.67. The Morgan fingerprint density at radius 1 is 1.40 bits per heavy atom. The van der Waals surface area contributed by atoms with E-state index in [1.165, 1.54) is 16.5 Å². The van der Waals surface area contributed by atoms with Crippen LogP contribution in [0.1, 0.15) is 24.8 Å². The maximum absolute atomic E-state index is 10.5. The minimum absolute atomic E-state index is 0.300. The van der Waals surface area contributed by atoms with Gasteiger partial charge in [-0.3, -0.25) is 0 Å². The summed E-state index contributed by atoms with van der Waals surface area (Å²) in [6.07, 6.45) is 3.71. The number of aldehydes is 1. The highest BCUT2D eigenvalue weighted by Gasteiger charge is 2.11. The summed E-state index contributed by atoms with van der Waals surface area (Å²) in [5.74, 6) is 0.300. The van der Waals surface area contributed by atoms with Crippen LogP contribution >= 0.6 is 0 Å². The maximum atomic E-state index is 10.5. The van der Waals surface area contributed by atoms with E-state index in [1.54, 1.807) is 0 Å². The molecule has 1 aromatic heterocycles. The number of benzene rings is 1. The summed E-state index contributed by atoms with van der Waals surface area (Å²) in [6, 6.07) is 8.30. The van der Waals surface area contributed by atoms with Gasteiger partial charge in [-0.2, -0.15) is 0 Å². The van der Waals surface area contributed by atoms with Gasteiger partial charge in [-0.1, -0.05) is 25.1 Å². The van der Waals surface area contributed by atoms with Gasteiger partial charge in [0.2, 0.25) is 0 Å². The Kier molecular flexibility index (Phi) is 2.58. The molecule has 0 radical (unpaired) electrons. The van der Waals surface area contributed by atoms with Crippen molar-refractivity contribution in [3.8, 4) is 0 Å². The predicted molar refractivity (Wildman–Crippen MR) is 62.0 cm³/mol. The average molecular weight is 201 g/mol. The van der Waals surface area contributed by atoms with E-state index in [0.29, 0.717) is 12.3 Å². The Labute approximate surface area is 89.5 Å². The maximum Gasteiger partial charge on any atom is 0.120 e. The molecule has 2 heteroatoms. The first-order valence-corrected chi connectivity index (χ1v) is 5.21. The zero-order chi connectivity index (χ0) is 10.8. The van der Waals surface area contributed by atoms with Crippen LogP contribution in [0.3, 0.4) is 0 Å². The third-order valence-corrected chi connectivity index (χ3v) is 2.91. The summed E-state index contributed by atoms with van der Waals surface area (Å²) in [7, 11) is 2.04. The molecule has 2 aromatic rings. The van der Waals surface area contributed by atoms with Crippen LogP contribution in [0.2, 0.25) is 0 Å². The Balaban J connectivity index is 2.56. The number of hydrogen-bond donors (Lipinski definition) is 0. The zero-order valence-electron chi connectivity index (χ0n) is 9.10. The van der Waals surface area contributed by atoms with Crippen LogP contribution in [0.15, 0.2) is 30.5 Å². The van der Waals surface area contributed by atoms with Gasteiger partial charge in [0.05, 0.1) is 0 Å². The highest BCUT2D eigenvalue weighted by molar-refractivity contribution is 5.84. The van der Waals surface area contributed by atoms with Gasteiger partial charge in [0, 0.05) is 30.6 Å². The fourth-order valence-electron chi connectivity index (χ4n) is 2.04. The smallest absolute Gasteiger partial charge is 0.120 e. The first-order valence-electron chi connectivity index (χ1n) is 5.21. The highest BCUT2D eigenvalue weighted by atomic mass is 16.1. The lowest BCUT2D eigenvalue weighted by Gasteiger charge is -2.05. The number of carbonyl (C=O) groups excluding carboxylic acids is 1. The number of hydrogen-bond acceptors (Lipinski definition) is 1. The van der Waals surface area contributed by atoms with E-state index < -0.39 is 0 Å². The molecule has 0 spiro atoms. The first kappa shape index (κ1) is 9.97. The summed E-state index contributed by atoms with van der Waals surface area (Å²) < 4.78 is 2.12. The standard InChI is InChI=1S/C13H15NO/c1-10(7-8-15)12-9-14(2)13-6-4-3-5-11(12)13/h3-6,8-10H,7H2,1-2H3/t10-/m1/s1. The zero-order valence-corrected chi connectivity index (χ0v) is 9.10. The predicted octanol–water partition coefficient (Wildman–Crippen LogP) is 2.87. The van der Waals surface area contributed by atoms with Crippen molar-refractivity contribution < 1.29 is 4.79 Å². The first-order chi connectivity index (χ1) is 7.24. The molecule has 0 saturated heterocycles. The normalized spacial score (nSPS) is 12.9. The van der Waals surface area contributed by atoms with Gasteiger partial charge in [0.1, 0.15) is 6.29 Å². The van der Waals surface area contributed by atoms with E-state index in [2.05, 4.69) is 29.8 Å². The van der Waals surface area contributed by atoms with Crippen molar-refractivity contribution in [2.75, 3.05) is 0 Å². The van der Waals surface area contributed by atoms with Gasteiger partial charge < -0.3 is 9.36 Å². The van der Waals surface area contributed by atoms with E-state index >= 15 is 0 Å². The second-order valence-electron chi connectivity index (χ2n) is 4.02. The summed E-state index contributed by atoms with van der Waals surface area (Å²) in [4.78, 5) is 10.5. The number of para-hydroxylation sites is 1. The molecule has 0 unspecified atom stereocenters. The number of rotatable bonds is 3. The monoisotopic (exact) mass is 201 g/mol. The van der Waals surface area contributed by atoms with Gasteiger partial charge in [-0.05, 0) is 17.5 Å². The summed E-state index contributed by atoms with van der Waals surface area (Å²) in [5.41, 5.74) is 2.49. The number of aromatic nitrogens is 1. The van der Waals surface area contributed by atoms with Gasteiger partial charge in [0.25, 0.3) is 0 Å². The van der Waals surface area contributed by atoms with Crippen LogP contribution < -0.4 is 0 Å². The molecule has 15 heavy (non-hydrogen) atoms. The van der Waals surface area contributed by atoms with E-state index in [0.717, 1.165) is 6.29 Å². The molecule has 78 valence electrons. The Bertz CT molecular complexity index is 484. The minimum atomic E-state index is 0.300. The Hall–Kier alpha value is -1.57.